The summed E-state index contributed by atoms with van der Waals surface area (Å²) in [6, 6.07) is 8.68. The summed E-state index contributed by atoms with van der Waals surface area (Å²) in [5.74, 6) is 0.328. The molecule has 0 saturated carbocycles. The van der Waals surface area contributed by atoms with Crippen molar-refractivity contribution in [1.29, 1.82) is 0 Å². The summed E-state index contributed by atoms with van der Waals surface area (Å²) in [6.07, 6.45) is 0.686. The molecule has 1 aromatic carbocycles. The number of ether oxygens (including phenoxy) is 1. The van der Waals surface area contributed by atoms with Gasteiger partial charge < -0.3 is 9.30 Å². The Hall–Kier alpha value is -2.56. The first-order chi connectivity index (χ1) is 14.0. The third-order valence-electron chi connectivity index (χ3n) is 3.89. The quantitative estimate of drug-likeness (QED) is 0.423. The van der Waals surface area contributed by atoms with Gasteiger partial charge in [0.1, 0.15) is 11.6 Å². The molecule has 2 aromatic heterocycles. The van der Waals surface area contributed by atoms with Crippen LogP contribution in [0.1, 0.15) is 21.1 Å². The van der Waals surface area contributed by atoms with Crippen molar-refractivity contribution in [1.82, 2.24) is 25.6 Å². The highest BCUT2D eigenvalue weighted by molar-refractivity contribution is 7.99. The van der Waals surface area contributed by atoms with Crippen LogP contribution in [0.4, 0.5) is 0 Å². The summed E-state index contributed by atoms with van der Waals surface area (Å²) >= 11 is 8.80. The first-order valence-corrected chi connectivity index (χ1v) is 10.7. The topological polar surface area (TPSA) is 98.1 Å². The molecule has 3 aromatic rings. The minimum atomic E-state index is -0.528. The Kier molecular flexibility index (Phi) is 7.13. The van der Waals surface area contributed by atoms with E-state index in [0.717, 1.165) is 5.82 Å². The van der Waals surface area contributed by atoms with Crippen LogP contribution >= 0.6 is 34.7 Å². The number of benzene rings is 1. The van der Waals surface area contributed by atoms with E-state index in [1.807, 2.05) is 29.1 Å². The number of halogens is 1. The van der Waals surface area contributed by atoms with Gasteiger partial charge in [0.2, 0.25) is 5.91 Å². The summed E-state index contributed by atoms with van der Waals surface area (Å²) < 4.78 is 6.99. The normalized spacial score (nSPS) is 10.6. The van der Waals surface area contributed by atoms with Crippen LogP contribution in [0.3, 0.4) is 0 Å². The molecule has 8 nitrogen and oxygen atoms in total. The van der Waals surface area contributed by atoms with E-state index in [1.165, 1.54) is 29.8 Å². The van der Waals surface area contributed by atoms with Gasteiger partial charge in [-0.25, -0.2) is 0 Å². The monoisotopic (exact) mass is 451 g/mol. The zero-order chi connectivity index (χ0) is 20.8. The number of hydrogen-bond acceptors (Lipinski definition) is 7. The summed E-state index contributed by atoms with van der Waals surface area (Å²) in [5.41, 5.74) is 4.95. The van der Waals surface area contributed by atoms with Gasteiger partial charge in [0.15, 0.2) is 5.16 Å². The highest BCUT2D eigenvalue weighted by atomic mass is 35.5. The van der Waals surface area contributed by atoms with Crippen LogP contribution < -0.4 is 15.6 Å². The van der Waals surface area contributed by atoms with Crippen LogP contribution in [0.5, 0.6) is 5.75 Å². The summed E-state index contributed by atoms with van der Waals surface area (Å²) in [6.45, 7) is 0. The zero-order valence-corrected chi connectivity index (χ0v) is 18.0. The second kappa shape index (κ2) is 9.77. The molecule has 0 fully saturated rings. The number of carbonyl (C=O) groups is 2. The number of hydrazine groups is 1. The second-order valence-corrected chi connectivity index (χ2v) is 8.26. The maximum Gasteiger partial charge on any atom is 0.273 e. The molecule has 0 unspecified atom stereocenters. The van der Waals surface area contributed by atoms with Crippen molar-refractivity contribution in [3.63, 3.8) is 0 Å². The lowest BCUT2D eigenvalue weighted by Gasteiger charge is -2.10. The smallest absolute Gasteiger partial charge is 0.273 e. The lowest BCUT2D eigenvalue weighted by atomic mass is 10.2. The molecule has 0 saturated heterocycles. The highest BCUT2D eigenvalue weighted by Crippen LogP contribution is 2.22. The number of thiophene rings is 1. The Morgan fingerprint density at radius 3 is 2.83 bits per heavy atom. The fraction of sp³-hybridized carbons (Fsp3) is 0.222. The molecule has 2 N–H and O–H groups in total. The largest absolute Gasteiger partial charge is 0.496 e. The second-order valence-electron chi connectivity index (χ2n) is 5.85. The van der Waals surface area contributed by atoms with Gasteiger partial charge in [-0.2, -0.15) is 0 Å². The molecule has 11 heteroatoms. The van der Waals surface area contributed by atoms with E-state index < -0.39 is 5.91 Å². The van der Waals surface area contributed by atoms with Crippen molar-refractivity contribution in [3.8, 4) is 5.75 Å². The van der Waals surface area contributed by atoms with Gasteiger partial charge in [-0.1, -0.05) is 29.4 Å². The molecule has 0 aliphatic carbocycles. The lowest BCUT2D eigenvalue weighted by molar-refractivity contribution is -0.119. The number of nitrogens with one attached hydrogen (secondary N) is 2. The third-order valence-corrected chi connectivity index (χ3v) is 6.02. The standard InChI is InChI=1S/C18H18ClN5O3S2/c1-24-15(9-12-4-3-7-28-12)20-23-18(24)29-10-16(25)21-22-17(26)13-8-11(19)5-6-14(13)27-2/h3-8H,9-10H2,1-2H3,(H,21,25)(H,22,26). The summed E-state index contributed by atoms with van der Waals surface area (Å²) in [4.78, 5) is 25.5. The number of thioether (sulfide) groups is 1. The molecule has 0 aliphatic rings. The maximum absolute atomic E-state index is 12.3. The average Bonchev–Trinajstić information content (AvgIpc) is 3.35. The number of rotatable bonds is 7. The number of hydrogen-bond donors (Lipinski definition) is 2. The van der Waals surface area contributed by atoms with Crippen LogP contribution in [0, 0.1) is 0 Å². The maximum atomic E-state index is 12.3. The van der Waals surface area contributed by atoms with E-state index in [1.54, 1.807) is 23.5 Å². The first-order valence-electron chi connectivity index (χ1n) is 8.44. The highest BCUT2D eigenvalue weighted by Gasteiger charge is 2.15. The minimum absolute atomic E-state index is 0.0674. The number of aromatic nitrogens is 3. The van der Waals surface area contributed by atoms with Gasteiger partial charge in [-0.3, -0.25) is 20.4 Å². The molecule has 2 amide bonds. The van der Waals surface area contributed by atoms with Crippen molar-refractivity contribution < 1.29 is 14.3 Å². The third kappa shape index (κ3) is 5.49. The molecule has 152 valence electrons. The molecule has 0 spiro atoms. The van der Waals surface area contributed by atoms with Crippen molar-refractivity contribution in [2.75, 3.05) is 12.9 Å². The van der Waals surface area contributed by atoms with E-state index in [4.69, 9.17) is 16.3 Å². The lowest BCUT2D eigenvalue weighted by Crippen LogP contribution is -2.42. The van der Waals surface area contributed by atoms with Crippen LogP contribution in [0.25, 0.3) is 0 Å². The predicted octanol–water partition coefficient (Wildman–Crippen LogP) is 2.68. The number of nitrogens with zero attached hydrogens (tertiary/aromatic N) is 3. The molecular weight excluding hydrogens is 434 g/mol. The number of methoxy groups -OCH3 is 1. The van der Waals surface area contributed by atoms with E-state index in [0.29, 0.717) is 22.3 Å². The average molecular weight is 452 g/mol. The predicted molar refractivity (Wildman–Crippen MR) is 112 cm³/mol. The van der Waals surface area contributed by atoms with Crippen molar-refractivity contribution in [3.05, 3.63) is 57.0 Å². The SMILES string of the molecule is COc1ccc(Cl)cc1C(=O)NNC(=O)CSc1nnc(Cc2cccs2)n1C. The van der Waals surface area contributed by atoms with Gasteiger partial charge in [-0.15, -0.1) is 21.5 Å². The molecular formula is C18H18ClN5O3S2. The fourth-order valence-corrected chi connectivity index (χ4v) is 4.01. The number of carbonyl (C=O) groups excluding carboxylic acids is 2. The Morgan fingerprint density at radius 1 is 1.28 bits per heavy atom. The Bertz CT molecular complexity index is 1010. The van der Waals surface area contributed by atoms with Crippen LogP contribution in [-0.4, -0.2) is 39.4 Å². The Balaban J connectivity index is 1.51. The van der Waals surface area contributed by atoms with Crippen LogP contribution in [0.2, 0.25) is 5.02 Å². The molecule has 0 radical (unpaired) electrons. The fourth-order valence-electron chi connectivity index (χ4n) is 2.41. The summed E-state index contributed by atoms with van der Waals surface area (Å²) in [7, 11) is 3.30. The van der Waals surface area contributed by atoms with E-state index in [2.05, 4.69) is 21.0 Å². The molecule has 0 aliphatic heterocycles. The van der Waals surface area contributed by atoms with E-state index in [9.17, 15) is 9.59 Å². The Morgan fingerprint density at radius 2 is 2.10 bits per heavy atom. The number of amides is 2. The Labute approximate surface area is 180 Å². The van der Waals surface area contributed by atoms with Crippen molar-refractivity contribution in [2.45, 2.75) is 11.6 Å². The molecule has 29 heavy (non-hydrogen) atoms. The van der Waals surface area contributed by atoms with Crippen molar-refractivity contribution in [2.24, 2.45) is 7.05 Å². The molecule has 0 atom stereocenters. The van der Waals surface area contributed by atoms with Gasteiger partial charge in [0.25, 0.3) is 5.91 Å². The van der Waals surface area contributed by atoms with E-state index in [-0.39, 0.29) is 17.2 Å². The molecule has 0 bridgehead atoms. The van der Waals surface area contributed by atoms with E-state index >= 15 is 0 Å². The summed E-state index contributed by atoms with van der Waals surface area (Å²) in [5, 5.41) is 11.3. The van der Waals surface area contributed by atoms with Crippen LogP contribution in [0.15, 0.2) is 40.9 Å². The molecule has 2 heterocycles. The zero-order valence-electron chi connectivity index (χ0n) is 15.6. The van der Waals surface area contributed by atoms with Gasteiger partial charge in [0.05, 0.1) is 18.4 Å². The molecule has 3 rings (SSSR count). The van der Waals surface area contributed by atoms with Gasteiger partial charge in [0, 0.05) is 23.4 Å². The first kappa shape index (κ1) is 21.2. The van der Waals surface area contributed by atoms with Gasteiger partial charge >= 0.3 is 0 Å². The minimum Gasteiger partial charge on any atom is -0.496 e. The van der Waals surface area contributed by atoms with Crippen LogP contribution in [-0.2, 0) is 18.3 Å². The van der Waals surface area contributed by atoms with Crippen molar-refractivity contribution >= 4 is 46.5 Å². The van der Waals surface area contributed by atoms with Gasteiger partial charge in [-0.05, 0) is 29.6 Å².